The second-order valence-electron chi connectivity index (χ2n) is 5.00. The maximum absolute atomic E-state index is 8.89. The molecule has 1 aliphatic rings. The van der Waals surface area contributed by atoms with Gasteiger partial charge in [-0.05, 0) is 31.9 Å². The maximum Gasteiger partial charge on any atom is 0.0675 e. The van der Waals surface area contributed by atoms with E-state index < -0.39 is 0 Å². The Balaban J connectivity index is 2.01. The van der Waals surface area contributed by atoms with E-state index in [1.165, 1.54) is 5.56 Å². The van der Waals surface area contributed by atoms with E-state index in [0.29, 0.717) is 12.1 Å². The van der Waals surface area contributed by atoms with Crippen LogP contribution in [-0.4, -0.2) is 42.4 Å². The fourth-order valence-corrected chi connectivity index (χ4v) is 2.53. The van der Waals surface area contributed by atoms with Crippen molar-refractivity contribution in [1.29, 1.82) is 0 Å². The molecule has 2 rings (SSSR count). The first kappa shape index (κ1) is 13.5. The summed E-state index contributed by atoms with van der Waals surface area (Å²) in [5.74, 6) is 0. The lowest BCUT2D eigenvalue weighted by Crippen LogP contribution is -2.44. The van der Waals surface area contributed by atoms with E-state index in [0.717, 1.165) is 32.5 Å². The van der Waals surface area contributed by atoms with Crippen LogP contribution in [0.4, 0.5) is 0 Å². The van der Waals surface area contributed by atoms with Crippen LogP contribution in [-0.2, 0) is 4.74 Å². The van der Waals surface area contributed by atoms with Gasteiger partial charge in [-0.15, -0.1) is 0 Å². The van der Waals surface area contributed by atoms with Gasteiger partial charge < -0.3 is 9.84 Å². The number of hydrogen-bond acceptors (Lipinski definition) is 3. The number of unbranched alkanes of at least 4 members (excludes halogenated alkanes) is 1. The molecule has 0 spiro atoms. The number of aliphatic hydroxyl groups excluding tert-OH is 1. The molecule has 1 aromatic carbocycles. The molecule has 0 amide bonds. The highest BCUT2D eigenvalue weighted by Gasteiger charge is 2.27. The monoisotopic (exact) mass is 249 g/mol. The Morgan fingerprint density at radius 1 is 1.28 bits per heavy atom. The van der Waals surface area contributed by atoms with Gasteiger partial charge in [0.05, 0.1) is 18.8 Å². The Labute approximate surface area is 109 Å². The van der Waals surface area contributed by atoms with E-state index in [1.807, 2.05) is 6.07 Å². The standard InChI is InChI=1S/C15H23NO2/c1-13-11-16(9-5-6-10-17)15(12-18-13)14-7-3-2-4-8-14/h2-4,7-8,13,15,17H,5-6,9-12H2,1H3. The van der Waals surface area contributed by atoms with Crippen molar-refractivity contribution in [2.45, 2.75) is 31.9 Å². The van der Waals surface area contributed by atoms with Gasteiger partial charge in [0.1, 0.15) is 0 Å². The van der Waals surface area contributed by atoms with Crippen molar-refractivity contribution in [3.05, 3.63) is 35.9 Å². The predicted octanol–water partition coefficient (Wildman–Crippen LogP) is 2.22. The first-order valence-corrected chi connectivity index (χ1v) is 6.82. The van der Waals surface area contributed by atoms with E-state index >= 15 is 0 Å². The molecule has 18 heavy (non-hydrogen) atoms. The van der Waals surface area contributed by atoms with Crippen molar-refractivity contribution in [3.63, 3.8) is 0 Å². The summed E-state index contributed by atoms with van der Waals surface area (Å²) >= 11 is 0. The Morgan fingerprint density at radius 3 is 2.78 bits per heavy atom. The van der Waals surface area contributed by atoms with Gasteiger partial charge in [0, 0.05) is 13.2 Å². The van der Waals surface area contributed by atoms with Gasteiger partial charge in [-0.3, -0.25) is 4.90 Å². The number of aliphatic hydroxyl groups is 1. The van der Waals surface area contributed by atoms with Crippen molar-refractivity contribution in [3.8, 4) is 0 Å². The van der Waals surface area contributed by atoms with Crippen LogP contribution in [0.3, 0.4) is 0 Å². The predicted molar refractivity (Wildman–Crippen MR) is 72.5 cm³/mol. The summed E-state index contributed by atoms with van der Waals surface area (Å²) in [6.45, 7) is 5.19. The topological polar surface area (TPSA) is 32.7 Å². The van der Waals surface area contributed by atoms with E-state index in [1.54, 1.807) is 0 Å². The summed E-state index contributed by atoms with van der Waals surface area (Å²) in [5.41, 5.74) is 1.33. The summed E-state index contributed by atoms with van der Waals surface area (Å²) < 4.78 is 5.79. The van der Waals surface area contributed by atoms with Crippen molar-refractivity contribution in [2.24, 2.45) is 0 Å². The third-order valence-corrected chi connectivity index (χ3v) is 3.51. The molecule has 3 heteroatoms. The van der Waals surface area contributed by atoms with Gasteiger partial charge in [0.25, 0.3) is 0 Å². The van der Waals surface area contributed by atoms with Gasteiger partial charge in [0.2, 0.25) is 0 Å². The van der Waals surface area contributed by atoms with Crippen LogP contribution in [0.15, 0.2) is 30.3 Å². The summed E-state index contributed by atoms with van der Waals surface area (Å²) in [6.07, 6.45) is 2.24. The lowest BCUT2D eigenvalue weighted by Gasteiger charge is -2.39. The largest absolute Gasteiger partial charge is 0.396 e. The highest BCUT2D eigenvalue weighted by Crippen LogP contribution is 2.26. The van der Waals surface area contributed by atoms with Crippen molar-refractivity contribution >= 4 is 0 Å². The Morgan fingerprint density at radius 2 is 2.06 bits per heavy atom. The van der Waals surface area contributed by atoms with Crippen LogP contribution in [0.5, 0.6) is 0 Å². The smallest absolute Gasteiger partial charge is 0.0675 e. The van der Waals surface area contributed by atoms with Crippen LogP contribution in [0, 0.1) is 0 Å². The highest BCUT2D eigenvalue weighted by molar-refractivity contribution is 5.19. The van der Waals surface area contributed by atoms with Gasteiger partial charge in [-0.1, -0.05) is 30.3 Å². The molecule has 1 fully saturated rings. The molecular formula is C15H23NO2. The van der Waals surface area contributed by atoms with Crippen LogP contribution in [0.2, 0.25) is 0 Å². The third kappa shape index (κ3) is 3.55. The molecule has 1 saturated heterocycles. The minimum atomic E-state index is 0.288. The molecule has 0 aromatic heterocycles. The third-order valence-electron chi connectivity index (χ3n) is 3.51. The van der Waals surface area contributed by atoms with Crippen molar-refractivity contribution < 1.29 is 9.84 Å². The lowest BCUT2D eigenvalue weighted by molar-refractivity contribution is -0.0568. The molecule has 0 aliphatic carbocycles. The number of morpholine rings is 1. The Bertz CT molecular complexity index is 342. The van der Waals surface area contributed by atoms with E-state index in [-0.39, 0.29) is 6.61 Å². The van der Waals surface area contributed by atoms with Gasteiger partial charge >= 0.3 is 0 Å². The molecular weight excluding hydrogens is 226 g/mol. The molecule has 3 nitrogen and oxygen atoms in total. The van der Waals surface area contributed by atoms with Crippen molar-refractivity contribution in [1.82, 2.24) is 4.90 Å². The molecule has 0 radical (unpaired) electrons. The number of hydrogen-bond donors (Lipinski definition) is 1. The minimum absolute atomic E-state index is 0.288. The quantitative estimate of drug-likeness (QED) is 0.812. The van der Waals surface area contributed by atoms with Crippen LogP contribution >= 0.6 is 0 Å². The molecule has 100 valence electrons. The number of nitrogens with zero attached hydrogens (tertiary/aromatic N) is 1. The highest BCUT2D eigenvalue weighted by atomic mass is 16.5. The lowest BCUT2D eigenvalue weighted by atomic mass is 10.0. The molecule has 1 N–H and O–H groups in total. The van der Waals surface area contributed by atoms with Crippen LogP contribution in [0.1, 0.15) is 31.4 Å². The Kier molecular flexibility index (Phi) is 5.17. The molecule has 0 bridgehead atoms. The first-order chi connectivity index (χ1) is 8.81. The summed E-state index contributed by atoms with van der Waals surface area (Å²) in [7, 11) is 0. The maximum atomic E-state index is 8.89. The molecule has 2 unspecified atom stereocenters. The zero-order valence-electron chi connectivity index (χ0n) is 11.1. The Hall–Kier alpha value is -0.900. The van der Waals surface area contributed by atoms with Gasteiger partial charge in [-0.2, -0.15) is 0 Å². The number of benzene rings is 1. The van der Waals surface area contributed by atoms with Crippen LogP contribution in [0.25, 0.3) is 0 Å². The fourth-order valence-electron chi connectivity index (χ4n) is 2.53. The van der Waals surface area contributed by atoms with E-state index in [2.05, 4.69) is 36.1 Å². The van der Waals surface area contributed by atoms with E-state index in [9.17, 15) is 0 Å². The van der Waals surface area contributed by atoms with Gasteiger partial charge in [0.15, 0.2) is 0 Å². The number of rotatable bonds is 5. The zero-order chi connectivity index (χ0) is 12.8. The summed E-state index contributed by atoms with van der Waals surface area (Å²) in [5, 5.41) is 8.89. The summed E-state index contributed by atoms with van der Waals surface area (Å²) in [6, 6.07) is 10.9. The minimum Gasteiger partial charge on any atom is -0.396 e. The second-order valence-corrected chi connectivity index (χ2v) is 5.00. The normalized spacial score (nSPS) is 25.2. The van der Waals surface area contributed by atoms with E-state index in [4.69, 9.17) is 9.84 Å². The zero-order valence-corrected chi connectivity index (χ0v) is 11.1. The average Bonchev–Trinajstić information content (AvgIpc) is 2.40. The SMILES string of the molecule is CC1CN(CCCCO)C(c2ccccc2)CO1. The first-order valence-electron chi connectivity index (χ1n) is 6.82. The molecule has 2 atom stereocenters. The summed E-state index contributed by atoms with van der Waals surface area (Å²) in [4.78, 5) is 2.49. The molecule has 1 heterocycles. The second kappa shape index (κ2) is 6.88. The average molecular weight is 249 g/mol. The molecule has 1 aromatic rings. The molecule has 0 saturated carbocycles. The molecule has 1 aliphatic heterocycles. The van der Waals surface area contributed by atoms with Crippen LogP contribution < -0.4 is 0 Å². The van der Waals surface area contributed by atoms with Crippen molar-refractivity contribution in [2.75, 3.05) is 26.3 Å². The van der Waals surface area contributed by atoms with Gasteiger partial charge in [-0.25, -0.2) is 0 Å². The fraction of sp³-hybridized carbons (Fsp3) is 0.600. The number of ether oxygens (including phenoxy) is 1.